The van der Waals surface area contributed by atoms with Gasteiger partial charge in [0.1, 0.15) is 5.41 Å². The smallest absolute Gasteiger partial charge is 0.312 e. The normalized spacial score (nSPS) is 29.1. The summed E-state index contributed by atoms with van der Waals surface area (Å²) in [7, 11) is -3.49. The van der Waals surface area contributed by atoms with E-state index in [2.05, 4.69) is 0 Å². The highest BCUT2D eigenvalue weighted by Crippen LogP contribution is 2.62. The molecule has 5 nitrogen and oxygen atoms in total. The van der Waals surface area contributed by atoms with Crippen molar-refractivity contribution in [3.05, 3.63) is 34.9 Å². The maximum atomic E-state index is 12.1. The van der Waals surface area contributed by atoms with Crippen molar-refractivity contribution in [3.63, 3.8) is 0 Å². The molecule has 2 rings (SSSR count). The number of aliphatic carboxylic acids is 1. The molecule has 0 aliphatic heterocycles. The molecule has 0 bridgehead atoms. The van der Waals surface area contributed by atoms with E-state index in [4.69, 9.17) is 17.3 Å². The van der Waals surface area contributed by atoms with Gasteiger partial charge < -0.3 is 10.8 Å². The maximum absolute atomic E-state index is 12.1. The number of rotatable bonds is 5. The molecule has 1 aliphatic carbocycles. The van der Waals surface area contributed by atoms with Crippen molar-refractivity contribution in [2.75, 3.05) is 12.3 Å². The van der Waals surface area contributed by atoms with Crippen LogP contribution in [0.3, 0.4) is 0 Å². The molecule has 20 heavy (non-hydrogen) atoms. The van der Waals surface area contributed by atoms with Crippen molar-refractivity contribution < 1.29 is 18.3 Å². The van der Waals surface area contributed by atoms with Crippen molar-refractivity contribution in [2.45, 2.75) is 18.1 Å². The second-order valence-corrected chi connectivity index (χ2v) is 7.80. The third-order valence-corrected chi connectivity index (χ3v) is 6.53. The molecule has 1 saturated carbocycles. The van der Waals surface area contributed by atoms with Crippen LogP contribution in [-0.4, -0.2) is 37.0 Å². The number of hydrogen-bond acceptors (Lipinski definition) is 4. The van der Waals surface area contributed by atoms with Gasteiger partial charge in [0.2, 0.25) is 0 Å². The first-order valence-corrected chi connectivity index (χ1v) is 8.31. The van der Waals surface area contributed by atoms with E-state index in [9.17, 15) is 18.3 Å². The van der Waals surface area contributed by atoms with Gasteiger partial charge in [-0.1, -0.05) is 30.7 Å². The lowest BCUT2D eigenvalue weighted by atomic mass is 9.99. The van der Waals surface area contributed by atoms with Crippen LogP contribution in [0.1, 0.15) is 18.4 Å². The van der Waals surface area contributed by atoms with Gasteiger partial charge in [-0.05, 0) is 17.7 Å². The first-order valence-electron chi connectivity index (χ1n) is 6.21. The van der Waals surface area contributed by atoms with E-state index in [0.717, 1.165) is 0 Å². The predicted molar refractivity (Wildman–Crippen MR) is 76.6 cm³/mol. The maximum Gasteiger partial charge on any atom is 0.312 e. The van der Waals surface area contributed by atoms with Gasteiger partial charge in [-0.2, -0.15) is 0 Å². The number of carboxylic acids is 1. The molecule has 7 heteroatoms. The Morgan fingerprint density at radius 2 is 1.95 bits per heavy atom. The van der Waals surface area contributed by atoms with E-state index in [1.165, 1.54) is 6.92 Å². The highest BCUT2D eigenvalue weighted by Gasteiger charge is 2.74. The first kappa shape index (κ1) is 15.3. The van der Waals surface area contributed by atoms with Crippen LogP contribution in [0, 0.1) is 5.41 Å². The first-order chi connectivity index (χ1) is 9.31. The SMILES string of the molecule is CCS(=O)(=O)[C@@H]1[C@H](c2ccc(Cl)cc2)[C@]1(CN)C(=O)O. The Hall–Kier alpha value is -1.11. The van der Waals surface area contributed by atoms with Crippen LogP contribution < -0.4 is 5.73 Å². The number of carbonyl (C=O) groups is 1. The molecule has 1 aromatic rings. The van der Waals surface area contributed by atoms with Gasteiger partial charge in [-0.15, -0.1) is 0 Å². The zero-order valence-corrected chi connectivity index (χ0v) is 12.5. The Morgan fingerprint density at radius 3 is 2.35 bits per heavy atom. The molecule has 1 aliphatic rings. The van der Waals surface area contributed by atoms with Crippen LogP contribution in [0.4, 0.5) is 0 Å². The predicted octanol–water partition coefficient (Wildman–Crippen LogP) is 1.27. The average molecular weight is 318 g/mol. The van der Waals surface area contributed by atoms with Gasteiger partial charge in [0, 0.05) is 23.2 Å². The third kappa shape index (κ3) is 2.12. The lowest BCUT2D eigenvalue weighted by Crippen LogP contribution is -2.32. The molecule has 1 fully saturated rings. The summed E-state index contributed by atoms with van der Waals surface area (Å²) in [5, 5.41) is 8.99. The van der Waals surface area contributed by atoms with Crippen LogP contribution in [0.2, 0.25) is 5.02 Å². The van der Waals surface area contributed by atoms with E-state index in [0.29, 0.717) is 10.6 Å². The second kappa shape index (κ2) is 5.02. The summed E-state index contributed by atoms with van der Waals surface area (Å²) in [4.78, 5) is 11.6. The summed E-state index contributed by atoms with van der Waals surface area (Å²) in [6, 6.07) is 6.55. The second-order valence-electron chi connectivity index (χ2n) is 4.95. The number of carboxylic acid groups (broad SMARTS) is 1. The summed E-state index contributed by atoms with van der Waals surface area (Å²) < 4.78 is 24.3. The number of nitrogens with two attached hydrogens (primary N) is 1. The third-order valence-electron chi connectivity index (χ3n) is 4.01. The molecule has 0 spiro atoms. The number of sulfone groups is 1. The van der Waals surface area contributed by atoms with E-state index < -0.39 is 32.4 Å². The minimum Gasteiger partial charge on any atom is -0.481 e. The van der Waals surface area contributed by atoms with Crippen molar-refractivity contribution in [2.24, 2.45) is 11.1 Å². The van der Waals surface area contributed by atoms with E-state index >= 15 is 0 Å². The number of hydrogen-bond donors (Lipinski definition) is 2. The molecule has 0 amide bonds. The molecule has 1 aromatic carbocycles. The van der Waals surface area contributed by atoms with Crippen molar-refractivity contribution in [1.82, 2.24) is 0 Å². The summed E-state index contributed by atoms with van der Waals surface area (Å²) >= 11 is 5.80. The highest BCUT2D eigenvalue weighted by atomic mass is 35.5. The monoisotopic (exact) mass is 317 g/mol. The number of halogens is 1. The van der Waals surface area contributed by atoms with Gasteiger partial charge in [0.05, 0.1) is 5.25 Å². The minimum atomic E-state index is -3.49. The Bertz CT molecular complexity index is 628. The molecular weight excluding hydrogens is 302 g/mol. The molecule has 3 atom stereocenters. The van der Waals surface area contributed by atoms with Crippen molar-refractivity contribution >= 4 is 27.4 Å². The van der Waals surface area contributed by atoms with E-state index in [-0.39, 0.29) is 12.3 Å². The highest BCUT2D eigenvalue weighted by molar-refractivity contribution is 7.92. The fourth-order valence-electron chi connectivity index (χ4n) is 2.84. The summed E-state index contributed by atoms with van der Waals surface area (Å²) in [5.41, 5.74) is 4.81. The summed E-state index contributed by atoms with van der Waals surface area (Å²) in [5.74, 6) is -1.88. The largest absolute Gasteiger partial charge is 0.481 e. The Morgan fingerprint density at radius 1 is 1.40 bits per heavy atom. The lowest BCUT2D eigenvalue weighted by molar-refractivity contribution is -0.143. The molecule has 0 radical (unpaired) electrons. The van der Waals surface area contributed by atoms with Crippen LogP contribution in [0.15, 0.2) is 24.3 Å². The lowest BCUT2D eigenvalue weighted by Gasteiger charge is -2.09. The van der Waals surface area contributed by atoms with Gasteiger partial charge in [0.15, 0.2) is 9.84 Å². The van der Waals surface area contributed by atoms with E-state index in [1.54, 1.807) is 24.3 Å². The van der Waals surface area contributed by atoms with Crippen LogP contribution >= 0.6 is 11.6 Å². The van der Waals surface area contributed by atoms with Gasteiger partial charge in [-0.25, -0.2) is 8.42 Å². The zero-order chi connectivity index (χ0) is 15.1. The van der Waals surface area contributed by atoms with Gasteiger partial charge in [0.25, 0.3) is 0 Å². The van der Waals surface area contributed by atoms with Gasteiger partial charge in [-0.3, -0.25) is 4.79 Å². The van der Waals surface area contributed by atoms with Crippen molar-refractivity contribution in [3.8, 4) is 0 Å². The van der Waals surface area contributed by atoms with Gasteiger partial charge >= 0.3 is 5.97 Å². The fourth-order valence-corrected chi connectivity index (χ4v) is 5.05. The topological polar surface area (TPSA) is 97.5 Å². The summed E-state index contributed by atoms with van der Waals surface area (Å²) in [6.45, 7) is 1.30. The molecule has 110 valence electrons. The van der Waals surface area contributed by atoms with Crippen molar-refractivity contribution in [1.29, 1.82) is 0 Å². The van der Waals surface area contributed by atoms with E-state index in [1.807, 2.05) is 0 Å². The van der Waals surface area contributed by atoms with Crippen LogP contribution in [-0.2, 0) is 14.6 Å². The standard InChI is InChI=1S/C13H16ClNO4S/c1-2-20(18,19)11-10(13(11,7-15)12(16)17)8-3-5-9(14)6-4-8/h3-6,10-11H,2,7,15H2,1H3,(H,16,17)/t10-,11+,13-/m0/s1. The quantitative estimate of drug-likeness (QED) is 0.852. The molecule has 0 saturated heterocycles. The number of benzene rings is 1. The summed E-state index contributed by atoms with van der Waals surface area (Å²) in [6.07, 6.45) is 0. The minimum absolute atomic E-state index is 0.100. The molecule has 3 N–H and O–H groups in total. The zero-order valence-electron chi connectivity index (χ0n) is 10.9. The molecule has 0 heterocycles. The fraction of sp³-hybridized carbons (Fsp3) is 0.462. The average Bonchev–Trinajstić information content (AvgIpc) is 3.11. The van der Waals surface area contributed by atoms with Crippen LogP contribution in [0.5, 0.6) is 0 Å². The Labute approximate surface area is 122 Å². The molecular formula is C13H16ClNO4S. The molecule has 0 aromatic heterocycles. The molecule has 0 unspecified atom stereocenters. The Kier molecular flexibility index (Phi) is 3.83. The van der Waals surface area contributed by atoms with Crippen LogP contribution in [0.25, 0.3) is 0 Å². The Balaban J connectivity index is 2.50.